The van der Waals surface area contributed by atoms with Gasteiger partial charge < -0.3 is 10.2 Å². The quantitative estimate of drug-likeness (QED) is 0.544. The molecule has 0 fully saturated rings. The van der Waals surface area contributed by atoms with Gasteiger partial charge in [0.1, 0.15) is 5.82 Å². The van der Waals surface area contributed by atoms with Crippen LogP contribution in [0.4, 0.5) is 15.8 Å². The van der Waals surface area contributed by atoms with Crippen LogP contribution in [0.2, 0.25) is 0 Å². The molecule has 0 aliphatic heterocycles. The zero-order valence-corrected chi connectivity index (χ0v) is 19.0. The van der Waals surface area contributed by atoms with Gasteiger partial charge in [0, 0.05) is 24.8 Å². The SMILES string of the molecule is CCN(c1ccccc1)S(=O)(=O)c1cccc(C(=O)N(C)CC(=O)Nc2cccc(F)c2)c1. The van der Waals surface area contributed by atoms with Crippen molar-refractivity contribution >= 4 is 33.2 Å². The molecule has 0 heterocycles. The molecule has 0 spiro atoms. The number of nitrogens with zero attached hydrogens (tertiary/aromatic N) is 2. The van der Waals surface area contributed by atoms with Crippen molar-refractivity contribution in [1.29, 1.82) is 0 Å². The van der Waals surface area contributed by atoms with Crippen molar-refractivity contribution in [1.82, 2.24) is 4.90 Å². The third-order valence-electron chi connectivity index (χ3n) is 4.84. The minimum Gasteiger partial charge on any atom is -0.332 e. The van der Waals surface area contributed by atoms with Crippen LogP contribution in [-0.4, -0.2) is 45.3 Å². The Kier molecular flexibility index (Phi) is 7.44. The van der Waals surface area contributed by atoms with Crippen LogP contribution in [0.15, 0.2) is 83.8 Å². The number of carbonyl (C=O) groups excluding carboxylic acids is 2. The summed E-state index contributed by atoms with van der Waals surface area (Å²) in [7, 11) is -2.48. The molecule has 1 N–H and O–H groups in total. The normalized spacial score (nSPS) is 11.0. The second-order valence-corrected chi connectivity index (χ2v) is 9.12. The van der Waals surface area contributed by atoms with Gasteiger partial charge in [0.2, 0.25) is 5.91 Å². The van der Waals surface area contributed by atoms with Crippen molar-refractivity contribution in [2.75, 3.05) is 29.8 Å². The molecular weight excluding hydrogens is 445 g/mol. The standard InChI is InChI=1S/C24H24FN3O4S/c1-3-28(21-12-5-4-6-13-21)33(31,32)22-14-7-9-18(15-22)24(30)27(2)17-23(29)26-20-11-8-10-19(25)16-20/h4-16H,3,17H2,1-2H3,(H,26,29). The maximum Gasteiger partial charge on any atom is 0.264 e. The number of likely N-dealkylation sites (N-methyl/N-ethyl adjacent to an activating group) is 1. The Hall–Kier alpha value is -3.72. The predicted molar refractivity (Wildman–Crippen MR) is 125 cm³/mol. The average Bonchev–Trinajstić information content (AvgIpc) is 2.79. The first-order valence-electron chi connectivity index (χ1n) is 10.2. The third-order valence-corrected chi connectivity index (χ3v) is 6.74. The van der Waals surface area contributed by atoms with E-state index in [2.05, 4.69) is 5.32 Å². The lowest BCUT2D eigenvalue weighted by Gasteiger charge is -2.23. The molecule has 0 aliphatic rings. The number of amides is 2. The second kappa shape index (κ2) is 10.3. The zero-order chi connectivity index (χ0) is 24.0. The van der Waals surface area contributed by atoms with Crippen LogP contribution in [0, 0.1) is 5.82 Å². The van der Waals surface area contributed by atoms with Crippen LogP contribution in [0.5, 0.6) is 0 Å². The summed E-state index contributed by atoms with van der Waals surface area (Å²) in [5.74, 6) is -1.53. The second-order valence-electron chi connectivity index (χ2n) is 7.25. The van der Waals surface area contributed by atoms with Gasteiger partial charge in [-0.1, -0.05) is 30.3 Å². The number of nitrogens with one attached hydrogen (secondary N) is 1. The molecule has 7 nitrogen and oxygen atoms in total. The predicted octanol–water partition coefficient (Wildman–Crippen LogP) is 3.75. The minimum atomic E-state index is -3.91. The number of rotatable bonds is 8. The van der Waals surface area contributed by atoms with Crippen LogP contribution in [0.1, 0.15) is 17.3 Å². The van der Waals surface area contributed by atoms with Crippen LogP contribution in [0.3, 0.4) is 0 Å². The summed E-state index contributed by atoms with van der Waals surface area (Å²) < 4.78 is 41.0. The summed E-state index contributed by atoms with van der Waals surface area (Å²) in [4.78, 5) is 26.2. The molecule has 0 aromatic heterocycles. The monoisotopic (exact) mass is 469 g/mol. The van der Waals surface area contributed by atoms with E-state index < -0.39 is 27.7 Å². The largest absolute Gasteiger partial charge is 0.332 e. The van der Waals surface area contributed by atoms with Gasteiger partial charge in [-0.05, 0) is 55.5 Å². The number of halogens is 1. The summed E-state index contributed by atoms with van der Waals surface area (Å²) in [6, 6.07) is 19.8. The summed E-state index contributed by atoms with van der Waals surface area (Å²) in [6.45, 7) is 1.65. The van der Waals surface area contributed by atoms with Gasteiger partial charge in [-0.15, -0.1) is 0 Å². The Morgan fingerprint density at radius 1 is 0.939 bits per heavy atom. The average molecular weight is 470 g/mol. The highest BCUT2D eigenvalue weighted by atomic mass is 32.2. The number of para-hydroxylation sites is 1. The zero-order valence-electron chi connectivity index (χ0n) is 18.2. The fraction of sp³-hybridized carbons (Fsp3) is 0.167. The van der Waals surface area contributed by atoms with E-state index in [9.17, 15) is 22.4 Å². The lowest BCUT2D eigenvalue weighted by Crippen LogP contribution is -2.35. The molecule has 2 amide bonds. The molecular formula is C24H24FN3O4S. The summed E-state index contributed by atoms with van der Waals surface area (Å²) in [5.41, 5.74) is 0.915. The van der Waals surface area contributed by atoms with Crippen molar-refractivity contribution in [3.63, 3.8) is 0 Å². The van der Waals surface area contributed by atoms with E-state index in [1.807, 2.05) is 0 Å². The van der Waals surface area contributed by atoms with Crippen LogP contribution in [-0.2, 0) is 14.8 Å². The molecule has 3 aromatic carbocycles. The first kappa shape index (κ1) is 23.9. The first-order chi connectivity index (χ1) is 15.7. The molecule has 0 saturated heterocycles. The minimum absolute atomic E-state index is 0.0309. The molecule has 3 rings (SSSR count). The van der Waals surface area contributed by atoms with E-state index in [1.165, 1.54) is 59.9 Å². The molecule has 0 atom stereocenters. The Morgan fingerprint density at radius 2 is 1.64 bits per heavy atom. The molecule has 0 aliphatic carbocycles. The molecule has 172 valence electrons. The van der Waals surface area contributed by atoms with Gasteiger partial charge in [0.15, 0.2) is 0 Å². The van der Waals surface area contributed by atoms with Gasteiger partial charge in [-0.2, -0.15) is 0 Å². The fourth-order valence-electron chi connectivity index (χ4n) is 3.28. The summed E-state index contributed by atoms with van der Waals surface area (Å²) >= 11 is 0. The number of carbonyl (C=O) groups is 2. The highest BCUT2D eigenvalue weighted by molar-refractivity contribution is 7.92. The van der Waals surface area contributed by atoms with E-state index in [4.69, 9.17) is 0 Å². The highest BCUT2D eigenvalue weighted by Crippen LogP contribution is 2.24. The summed E-state index contributed by atoms with van der Waals surface area (Å²) in [5, 5.41) is 2.52. The fourth-order valence-corrected chi connectivity index (χ4v) is 4.80. The van der Waals surface area contributed by atoms with Crippen molar-refractivity contribution in [3.8, 4) is 0 Å². The van der Waals surface area contributed by atoms with Gasteiger partial charge in [0.05, 0.1) is 17.1 Å². The molecule has 9 heteroatoms. The van der Waals surface area contributed by atoms with Crippen LogP contribution >= 0.6 is 0 Å². The molecule has 33 heavy (non-hydrogen) atoms. The Morgan fingerprint density at radius 3 is 2.30 bits per heavy atom. The van der Waals surface area contributed by atoms with Crippen molar-refractivity contribution in [3.05, 3.63) is 90.2 Å². The maximum atomic E-state index is 13.3. The van der Waals surface area contributed by atoms with Crippen LogP contribution < -0.4 is 9.62 Å². The van der Waals surface area contributed by atoms with E-state index in [1.54, 1.807) is 37.3 Å². The van der Waals surface area contributed by atoms with Crippen molar-refractivity contribution in [2.45, 2.75) is 11.8 Å². The number of hydrogen-bond acceptors (Lipinski definition) is 4. The topological polar surface area (TPSA) is 86.8 Å². The number of sulfonamides is 1. The molecule has 0 bridgehead atoms. The smallest absolute Gasteiger partial charge is 0.264 e. The van der Waals surface area contributed by atoms with E-state index in [0.717, 1.165) is 4.90 Å². The highest BCUT2D eigenvalue weighted by Gasteiger charge is 2.25. The first-order valence-corrected chi connectivity index (χ1v) is 11.6. The Bertz CT molecular complexity index is 1250. The lowest BCUT2D eigenvalue weighted by molar-refractivity contribution is -0.116. The van der Waals surface area contributed by atoms with Gasteiger partial charge in [-0.3, -0.25) is 13.9 Å². The Balaban J connectivity index is 1.76. The Labute approximate surface area is 192 Å². The van der Waals surface area contributed by atoms with Crippen molar-refractivity contribution < 1.29 is 22.4 Å². The van der Waals surface area contributed by atoms with E-state index in [0.29, 0.717) is 5.69 Å². The molecule has 0 unspecified atom stereocenters. The molecule has 3 aromatic rings. The lowest BCUT2D eigenvalue weighted by atomic mass is 10.2. The maximum absolute atomic E-state index is 13.3. The molecule has 0 radical (unpaired) electrons. The third kappa shape index (κ3) is 5.75. The van der Waals surface area contributed by atoms with Gasteiger partial charge in [0.25, 0.3) is 15.9 Å². The number of benzene rings is 3. The summed E-state index contributed by atoms with van der Waals surface area (Å²) in [6.07, 6.45) is 0. The van der Waals surface area contributed by atoms with Gasteiger partial charge in [-0.25, -0.2) is 12.8 Å². The van der Waals surface area contributed by atoms with Crippen molar-refractivity contribution in [2.24, 2.45) is 0 Å². The van der Waals surface area contributed by atoms with Crippen LogP contribution in [0.25, 0.3) is 0 Å². The van der Waals surface area contributed by atoms with E-state index >= 15 is 0 Å². The molecule has 0 saturated carbocycles. The number of hydrogen-bond donors (Lipinski definition) is 1. The van der Waals surface area contributed by atoms with E-state index in [-0.39, 0.29) is 29.2 Å². The number of anilines is 2. The van der Waals surface area contributed by atoms with Gasteiger partial charge >= 0.3 is 0 Å².